The lowest BCUT2D eigenvalue weighted by Crippen LogP contribution is -2.51. The van der Waals surface area contributed by atoms with Gasteiger partial charge in [-0.2, -0.15) is 0 Å². The molecule has 0 saturated carbocycles. The number of nitrogen functional groups attached to an aromatic ring is 1. The molecule has 3 rings (SSSR count). The quantitative estimate of drug-likeness (QED) is 0.810. The van der Waals surface area contributed by atoms with Crippen LogP contribution in [0.15, 0.2) is 48.7 Å². The zero-order valence-electron chi connectivity index (χ0n) is 14.6. The summed E-state index contributed by atoms with van der Waals surface area (Å²) >= 11 is 0. The van der Waals surface area contributed by atoms with Crippen molar-refractivity contribution in [1.82, 2.24) is 15.2 Å². The molecule has 1 aromatic carbocycles. The SMILES string of the molecule is CC(CN1CCN(c2ccccn2)CC1)NC(=O)c1ccc(N)cc1. The first kappa shape index (κ1) is 17.2. The van der Waals surface area contributed by atoms with Crippen molar-refractivity contribution in [2.24, 2.45) is 0 Å². The number of piperazine rings is 1. The third-order valence-electron chi connectivity index (χ3n) is 4.43. The summed E-state index contributed by atoms with van der Waals surface area (Å²) < 4.78 is 0. The first-order valence-corrected chi connectivity index (χ1v) is 8.66. The lowest BCUT2D eigenvalue weighted by atomic mass is 10.1. The Labute approximate surface area is 148 Å². The van der Waals surface area contributed by atoms with E-state index in [1.54, 1.807) is 24.3 Å². The van der Waals surface area contributed by atoms with Crippen molar-refractivity contribution in [3.05, 3.63) is 54.2 Å². The Morgan fingerprint density at radius 3 is 2.52 bits per heavy atom. The molecule has 1 atom stereocenters. The molecular weight excluding hydrogens is 314 g/mol. The molecule has 1 aliphatic rings. The number of aromatic nitrogens is 1. The Kier molecular flexibility index (Phi) is 5.50. The van der Waals surface area contributed by atoms with E-state index < -0.39 is 0 Å². The average Bonchev–Trinajstić information content (AvgIpc) is 2.63. The minimum Gasteiger partial charge on any atom is -0.399 e. The van der Waals surface area contributed by atoms with Crippen LogP contribution in [0.2, 0.25) is 0 Å². The van der Waals surface area contributed by atoms with E-state index in [9.17, 15) is 4.79 Å². The van der Waals surface area contributed by atoms with Gasteiger partial charge >= 0.3 is 0 Å². The number of nitrogens with one attached hydrogen (secondary N) is 1. The number of carbonyl (C=O) groups excluding carboxylic acids is 1. The molecule has 1 aliphatic heterocycles. The molecule has 2 heterocycles. The highest BCUT2D eigenvalue weighted by Gasteiger charge is 2.20. The Hall–Kier alpha value is -2.60. The summed E-state index contributed by atoms with van der Waals surface area (Å²) in [6, 6.07) is 13.1. The molecule has 3 N–H and O–H groups in total. The van der Waals surface area contributed by atoms with Gasteiger partial charge in [-0.25, -0.2) is 4.98 Å². The Morgan fingerprint density at radius 1 is 1.16 bits per heavy atom. The highest BCUT2D eigenvalue weighted by molar-refractivity contribution is 5.94. The van der Waals surface area contributed by atoms with Crippen LogP contribution in [-0.2, 0) is 0 Å². The number of anilines is 2. The van der Waals surface area contributed by atoms with Crippen LogP contribution in [0.25, 0.3) is 0 Å². The van der Waals surface area contributed by atoms with Crippen LogP contribution in [0.1, 0.15) is 17.3 Å². The second-order valence-electron chi connectivity index (χ2n) is 6.47. The maximum atomic E-state index is 12.3. The third kappa shape index (κ3) is 4.70. The molecular formula is C19H25N5O. The molecule has 25 heavy (non-hydrogen) atoms. The fourth-order valence-corrected chi connectivity index (χ4v) is 3.07. The van der Waals surface area contributed by atoms with Gasteiger partial charge in [-0.05, 0) is 43.3 Å². The van der Waals surface area contributed by atoms with E-state index in [1.807, 2.05) is 31.3 Å². The van der Waals surface area contributed by atoms with Crippen LogP contribution < -0.4 is 16.0 Å². The van der Waals surface area contributed by atoms with Crippen molar-refractivity contribution in [2.45, 2.75) is 13.0 Å². The van der Waals surface area contributed by atoms with Crippen molar-refractivity contribution < 1.29 is 4.79 Å². The molecule has 2 aromatic rings. The number of amides is 1. The van der Waals surface area contributed by atoms with Gasteiger partial charge in [0.2, 0.25) is 0 Å². The second kappa shape index (κ2) is 7.98. The highest BCUT2D eigenvalue weighted by atomic mass is 16.1. The summed E-state index contributed by atoms with van der Waals surface area (Å²) in [4.78, 5) is 21.3. The van der Waals surface area contributed by atoms with E-state index >= 15 is 0 Å². The fraction of sp³-hybridized carbons (Fsp3) is 0.368. The topological polar surface area (TPSA) is 74.5 Å². The third-order valence-corrected chi connectivity index (χ3v) is 4.43. The molecule has 0 spiro atoms. The Bertz CT molecular complexity index is 681. The van der Waals surface area contributed by atoms with Crippen LogP contribution in [0, 0.1) is 0 Å². The first-order chi connectivity index (χ1) is 12.1. The lowest BCUT2D eigenvalue weighted by Gasteiger charge is -2.36. The Balaban J connectivity index is 1.45. The van der Waals surface area contributed by atoms with Crippen molar-refractivity contribution in [1.29, 1.82) is 0 Å². The minimum atomic E-state index is -0.0559. The van der Waals surface area contributed by atoms with E-state index in [0.717, 1.165) is 38.5 Å². The predicted octanol–water partition coefficient (Wildman–Crippen LogP) is 1.60. The molecule has 6 nitrogen and oxygen atoms in total. The summed E-state index contributed by atoms with van der Waals surface area (Å²) in [7, 11) is 0. The number of nitrogens with two attached hydrogens (primary N) is 1. The normalized spacial score (nSPS) is 16.4. The van der Waals surface area contributed by atoms with Gasteiger partial charge in [0.1, 0.15) is 5.82 Å². The van der Waals surface area contributed by atoms with Crippen molar-refractivity contribution in [2.75, 3.05) is 43.4 Å². The lowest BCUT2D eigenvalue weighted by molar-refractivity contribution is 0.0928. The molecule has 0 aliphatic carbocycles. The molecule has 0 bridgehead atoms. The van der Waals surface area contributed by atoms with E-state index in [2.05, 4.69) is 20.1 Å². The van der Waals surface area contributed by atoms with Crippen molar-refractivity contribution in [3.8, 4) is 0 Å². The van der Waals surface area contributed by atoms with Crippen LogP contribution in [0.3, 0.4) is 0 Å². The van der Waals surface area contributed by atoms with Gasteiger partial charge in [0.15, 0.2) is 0 Å². The molecule has 1 amide bonds. The second-order valence-corrected chi connectivity index (χ2v) is 6.47. The number of benzene rings is 1. The first-order valence-electron chi connectivity index (χ1n) is 8.66. The number of hydrogen-bond donors (Lipinski definition) is 2. The van der Waals surface area contributed by atoms with Crippen LogP contribution in [0.4, 0.5) is 11.5 Å². The Morgan fingerprint density at radius 2 is 1.88 bits per heavy atom. The maximum absolute atomic E-state index is 12.3. The number of pyridine rings is 1. The summed E-state index contributed by atoms with van der Waals surface area (Å²) in [6.45, 7) is 6.74. The number of rotatable bonds is 5. The van der Waals surface area contributed by atoms with Gasteiger partial charge in [0, 0.05) is 56.2 Å². The van der Waals surface area contributed by atoms with Gasteiger partial charge in [-0.1, -0.05) is 6.07 Å². The monoisotopic (exact) mass is 339 g/mol. The van der Waals surface area contributed by atoms with Crippen LogP contribution >= 0.6 is 0 Å². The molecule has 0 radical (unpaired) electrons. The summed E-state index contributed by atoms with van der Waals surface area (Å²) in [5, 5.41) is 3.06. The zero-order valence-corrected chi connectivity index (χ0v) is 14.6. The molecule has 132 valence electrons. The zero-order chi connectivity index (χ0) is 17.6. The molecule has 6 heteroatoms. The summed E-state index contributed by atoms with van der Waals surface area (Å²) in [6.07, 6.45) is 1.83. The molecule has 1 unspecified atom stereocenters. The van der Waals surface area contributed by atoms with Crippen molar-refractivity contribution >= 4 is 17.4 Å². The van der Waals surface area contributed by atoms with Gasteiger partial charge in [-0.3, -0.25) is 9.69 Å². The number of carbonyl (C=O) groups is 1. The standard InChI is InChI=1S/C19H25N5O/c1-15(22-19(25)16-5-7-17(20)8-6-16)14-23-10-12-24(13-11-23)18-4-2-3-9-21-18/h2-9,15H,10-14,20H2,1H3,(H,22,25). The van der Waals surface area contributed by atoms with E-state index in [-0.39, 0.29) is 11.9 Å². The number of hydrogen-bond acceptors (Lipinski definition) is 5. The average molecular weight is 339 g/mol. The molecule has 1 fully saturated rings. The summed E-state index contributed by atoms with van der Waals surface area (Å²) in [5.74, 6) is 0.978. The smallest absolute Gasteiger partial charge is 0.251 e. The molecule has 1 saturated heterocycles. The van der Waals surface area contributed by atoms with Gasteiger partial charge in [-0.15, -0.1) is 0 Å². The fourth-order valence-electron chi connectivity index (χ4n) is 3.07. The van der Waals surface area contributed by atoms with Crippen LogP contribution in [-0.4, -0.2) is 54.6 Å². The highest BCUT2D eigenvalue weighted by Crippen LogP contribution is 2.12. The van der Waals surface area contributed by atoms with Gasteiger partial charge < -0.3 is 16.0 Å². The van der Waals surface area contributed by atoms with E-state index in [1.165, 1.54) is 0 Å². The van der Waals surface area contributed by atoms with E-state index in [0.29, 0.717) is 11.3 Å². The van der Waals surface area contributed by atoms with Gasteiger partial charge in [0.05, 0.1) is 0 Å². The molecule has 1 aromatic heterocycles. The van der Waals surface area contributed by atoms with Gasteiger partial charge in [0.25, 0.3) is 5.91 Å². The van der Waals surface area contributed by atoms with E-state index in [4.69, 9.17) is 5.73 Å². The maximum Gasteiger partial charge on any atom is 0.251 e. The minimum absolute atomic E-state index is 0.0559. The predicted molar refractivity (Wildman–Crippen MR) is 101 cm³/mol. The summed E-state index contributed by atoms with van der Waals surface area (Å²) in [5.41, 5.74) is 6.96. The number of nitrogens with zero attached hydrogens (tertiary/aromatic N) is 3. The van der Waals surface area contributed by atoms with Crippen LogP contribution in [0.5, 0.6) is 0 Å². The largest absolute Gasteiger partial charge is 0.399 e. The van der Waals surface area contributed by atoms with Crippen molar-refractivity contribution in [3.63, 3.8) is 0 Å².